The van der Waals surface area contributed by atoms with Gasteiger partial charge in [-0.2, -0.15) is 5.10 Å². The molecule has 102 valence electrons. The highest BCUT2D eigenvalue weighted by atomic mass is 16.5. The zero-order chi connectivity index (χ0) is 12.6. The molecule has 0 atom stereocenters. The molecule has 2 N–H and O–H groups in total. The molecule has 0 aromatic carbocycles. The third-order valence-corrected chi connectivity index (χ3v) is 3.71. The lowest BCUT2D eigenvalue weighted by molar-refractivity contribution is 0.0630. The normalized spacial score (nSPS) is 17.2. The first-order chi connectivity index (χ1) is 8.88. The first-order valence-corrected chi connectivity index (χ1v) is 7.17. The molecule has 4 nitrogen and oxygen atoms in total. The van der Waals surface area contributed by atoms with E-state index in [-0.39, 0.29) is 0 Å². The molecular weight excluding hydrogens is 226 g/mol. The molecule has 1 aliphatic heterocycles. The molecular formula is C14H25N3O. The predicted molar refractivity (Wildman–Crippen MR) is 72.4 cm³/mol. The Morgan fingerprint density at radius 1 is 1.33 bits per heavy atom. The van der Waals surface area contributed by atoms with Crippen LogP contribution in [-0.4, -0.2) is 29.5 Å². The third-order valence-electron chi connectivity index (χ3n) is 3.71. The minimum Gasteiger partial charge on any atom is -0.381 e. The summed E-state index contributed by atoms with van der Waals surface area (Å²) in [6, 6.07) is 0. The van der Waals surface area contributed by atoms with Gasteiger partial charge in [0.25, 0.3) is 0 Å². The second-order valence-electron chi connectivity index (χ2n) is 5.20. The van der Waals surface area contributed by atoms with Crippen molar-refractivity contribution in [2.75, 3.05) is 19.8 Å². The second-order valence-corrected chi connectivity index (χ2v) is 5.20. The zero-order valence-corrected chi connectivity index (χ0v) is 11.2. The molecule has 0 bridgehead atoms. The van der Waals surface area contributed by atoms with E-state index in [1.165, 1.54) is 37.7 Å². The van der Waals surface area contributed by atoms with Gasteiger partial charge in [0.15, 0.2) is 0 Å². The molecule has 4 heteroatoms. The highest BCUT2D eigenvalue weighted by Crippen LogP contribution is 2.20. The number of aryl methyl sites for hydroxylation is 1. The monoisotopic (exact) mass is 251 g/mol. The summed E-state index contributed by atoms with van der Waals surface area (Å²) in [6.45, 7) is 3.67. The molecule has 1 saturated heterocycles. The zero-order valence-electron chi connectivity index (χ0n) is 11.2. The quantitative estimate of drug-likeness (QED) is 0.754. The minimum absolute atomic E-state index is 0.704. The van der Waals surface area contributed by atoms with Crippen molar-refractivity contribution in [2.24, 2.45) is 11.7 Å². The van der Waals surface area contributed by atoms with Crippen LogP contribution in [0.3, 0.4) is 0 Å². The van der Waals surface area contributed by atoms with E-state index in [2.05, 4.69) is 16.0 Å². The Labute approximate surface area is 110 Å². The van der Waals surface area contributed by atoms with Gasteiger partial charge in [0.1, 0.15) is 0 Å². The average molecular weight is 251 g/mol. The van der Waals surface area contributed by atoms with Crippen LogP contribution in [0.5, 0.6) is 0 Å². The summed E-state index contributed by atoms with van der Waals surface area (Å²) in [4.78, 5) is 0. The van der Waals surface area contributed by atoms with E-state index in [0.717, 1.165) is 32.1 Å². The van der Waals surface area contributed by atoms with E-state index in [0.29, 0.717) is 6.54 Å². The first-order valence-electron chi connectivity index (χ1n) is 7.17. The van der Waals surface area contributed by atoms with E-state index < -0.39 is 0 Å². The average Bonchev–Trinajstić information content (AvgIpc) is 2.84. The molecule has 2 rings (SSSR count). The topological polar surface area (TPSA) is 53.1 Å². The first kappa shape index (κ1) is 13.6. The maximum atomic E-state index is 5.53. The number of aromatic nitrogens is 2. The SMILES string of the molecule is NCCc1cnn(CCCCC2CCOCC2)c1. The van der Waals surface area contributed by atoms with Gasteiger partial charge in [-0.05, 0) is 43.7 Å². The molecule has 0 amide bonds. The van der Waals surface area contributed by atoms with Gasteiger partial charge in [0.05, 0.1) is 6.20 Å². The van der Waals surface area contributed by atoms with Crippen molar-refractivity contribution in [3.05, 3.63) is 18.0 Å². The van der Waals surface area contributed by atoms with Gasteiger partial charge >= 0.3 is 0 Å². The maximum Gasteiger partial charge on any atom is 0.0522 e. The van der Waals surface area contributed by atoms with E-state index in [1.54, 1.807) is 0 Å². The Hall–Kier alpha value is -0.870. The van der Waals surface area contributed by atoms with Gasteiger partial charge < -0.3 is 10.5 Å². The van der Waals surface area contributed by atoms with Crippen molar-refractivity contribution in [2.45, 2.75) is 45.1 Å². The molecule has 0 saturated carbocycles. The van der Waals surface area contributed by atoms with Crippen LogP contribution in [-0.2, 0) is 17.7 Å². The number of nitrogens with two attached hydrogens (primary N) is 1. The van der Waals surface area contributed by atoms with E-state index >= 15 is 0 Å². The Balaban J connectivity index is 1.59. The summed E-state index contributed by atoms with van der Waals surface area (Å²) in [5, 5.41) is 4.36. The molecule has 0 radical (unpaired) electrons. The van der Waals surface area contributed by atoms with Crippen LogP contribution in [0, 0.1) is 5.92 Å². The number of rotatable bonds is 7. The highest BCUT2D eigenvalue weighted by molar-refractivity contribution is 5.03. The maximum absolute atomic E-state index is 5.53. The van der Waals surface area contributed by atoms with Gasteiger partial charge in [0.2, 0.25) is 0 Å². The fraction of sp³-hybridized carbons (Fsp3) is 0.786. The molecule has 2 heterocycles. The van der Waals surface area contributed by atoms with Crippen molar-refractivity contribution in [1.82, 2.24) is 9.78 Å². The lowest BCUT2D eigenvalue weighted by atomic mass is 9.94. The summed E-state index contributed by atoms with van der Waals surface area (Å²) in [7, 11) is 0. The Kier molecular flexibility index (Phi) is 5.68. The molecule has 18 heavy (non-hydrogen) atoms. The van der Waals surface area contributed by atoms with Crippen LogP contribution in [0.25, 0.3) is 0 Å². The van der Waals surface area contributed by atoms with Gasteiger partial charge in [-0.15, -0.1) is 0 Å². The summed E-state index contributed by atoms with van der Waals surface area (Å²) in [5.41, 5.74) is 6.78. The number of unbranched alkanes of at least 4 members (excludes halogenated alkanes) is 1. The van der Waals surface area contributed by atoms with Crippen LogP contribution in [0.4, 0.5) is 0 Å². The highest BCUT2D eigenvalue weighted by Gasteiger charge is 2.12. The van der Waals surface area contributed by atoms with Gasteiger partial charge in [-0.3, -0.25) is 4.68 Å². The van der Waals surface area contributed by atoms with Crippen LogP contribution in [0.15, 0.2) is 12.4 Å². The summed E-state index contributed by atoms with van der Waals surface area (Å²) >= 11 is 0. The van der Waals surface area contributed by atoms with Crippen molar-refractivity contribution < 1.29 is 4.74 Å². The molecule has 1 aromatic heterocycles. The smallest absolute Gasteiger partial charge is 0.0522 e. The Morgan fingerprint density at radius 2 is 2.17 bits per heavy atom. The molecule has 1 fully saturated rings. The van der Waals surface area contributed by atoms with Crippen molar-refractivity contribution in [3.63, 3.8) is 0 Å². The van der Waals surface area contributed by atoms with Gasteiger partial charge in [0, 0.05) is 26.0 Å². The lowest BCUT2D eigenvalue weighted by Gasteiger charge is -2.21. The Morgan fingerprint density at radius 3 is 2.94 bits per heavy atom. The lowest BCUT2D eigenvalue weighted by Crippen LogP contribution is -2.15. The van der Waals surface area contributed by atoms with Crippen LogP contribution in [0.2, 0.25) is 0 Å². The largest absolute Gasteiger partial charge is 0.381 e. The minimum atomic E-state index is 0.704. The fourth-order valence-electron chi connectivity index (χ4n) is 2.57. The second kappa shape index (κ2) is 7.54. The van der Waals surface area contributed by atoms with Crippen molar-refractivity contribution >= 4 is 0 Å². The van der Waals surface area contributed by atoms with E-state index in [1.807, 2.05) is 6.20 Å². The number of hydrogen-bond acceptors (Lipinski definition) is 3. The number of nitrogens with zero attached hydrogens (tertiary/aromatic N) is 2. The van der Waals surface area contributed by atoms with Crippen LogP contribution in [0.1, 0.15) is 37.7 Å². The molecule has 0 spiro atoms. The van der Waals surface area contributed by atoms with E-state index in [4.69, 9.17) is 10.5 Å². The predicted octanol–water partition coefficient (Wildman–Crippen LogP) is 1.98. The van der Waals surface area contributed by atoms with Crippen LogP contribution < -0.4 is 5.73 Å². The summed E-state index contributed by atoms with van der Waals surface area (Å²) in [6.07, 6.45) is 11.4. The molecule has 1 aromatic rings. The van der Waals surface area contributed by atoms with Crippen molar-refractivity contribution in [3.8, 4) is 0 Å². The number of ether oxygens (including phenoxy) is 1. The van der Waals surface area contributed by atoms with Crippen LogP contribution >= 0.6 is 0 Å². The molecule has 1 aliphatic rings. The summed E-state index contributed by atoms with van der Waals surface area (Å²) < 4.78 is 7.43. The third kappa shape index (κ3) is 4.42. The molecule has 0 aliphatic carbocycles. The van der Waals surface area contributed by atoms with Gasteiger partial charge in [-0.1, -0.05) is 12.8 Å². The summed E-state index contributed by atoms with van der Waals surface area (Å²) in [5.74, 6) is 0.893. The Bertz CT molecular complexity index is 332. The number of hydrogen-bond donors (Lipinski definition) is 1. The fourth-order valence-corrected chi connectivity index (χ4v) is 2.57. The van der Waals surface area contributed by atoms with Crippen molar-refractivity contribution in [1.29, 1.82) is 0 Å². The van der Waals surface area contributed by atoms with E-state index in [9.17, 15) is 0 Å². The van der Waals surface area contributed by atoms with Gasteiger partial charge in [-0.25, -0.2) is 0 Å². The molecule has 0 unspecified atom stereocenters. The standard InChI is InChI=1S/C14H25N3O/c15-7-4-14-11-16-17(12-14)8-2-1-3-13-5-9-18-10-6-13/h11-13H,1-10,15H2.